The van der Waals surface area contributed by atoms with Crippen molar-refractivity contribution < 1.29 is 29.3 Å². The van der Waals surface area contributed by atoms with Crippen LogP contribution >= 0.6 is 0 Å². The van der Waals surface area contributed by atoms with E-state index in [0.29, 0.717) is 23.7 Å². The normalized spacial score (nSPS) is 13.0. The predicted octanol–water partition coefficient (Wildman–Crippen LogP) is 1.43. The number of carbonyl (C=O) groups excluding carboxylic acids is 2. The first-order valence-corrected chi connectivity index (χ1v) is 9.08. The first-order chi connectivity index (χ1) is 14.6. The Morgan fingerprint density at radius 1 is 1.17 bits per heavy atom. The van der Waals surface area contributed by atoms with Gasteiger partial charge in [0.15, 0.2) is 11.5 Å². The smallest absolute Gasteiger partial charge is 0.269 e. The minimum atomic E-state index is -0.831. The van der Waals surface area contributed by atoms with E-state index < -0.39 is 17.9 Å². The summed E-state index contributed by atoms with van der Waals surface area (Å²) in [5.41, 5.74) is 0.729. The average molecular weight is 412 g/mol. The Hall–Kier alpha value is -3.77. The molecular formula is C21H22N3O6+. The van der Waals surface area contributed by atoms with E-state index in [-0.39, 0.29) is 23.2 Å². The quantitative estimate of drug-likeness (QED) is 0.658. The van der Waals surface area contributed by atoms with Gasteiger partial charge in [0.2, 0.25) is 0 Å². The zero-order chi connectivity index (χ0) is 22.3. The first kappa shape index (κ1) is 22.5. The van der Waals surface area contributed by atoms with Crippen molar-refractivity contribution in [3.8, 4) is 17.6 Å². The molecule has 0 saturated carbocycles. The summed E-state index contributed by atoms with van der Waals surface area (Å²) in [4.78, 5) is 38.1. The molecule has 9 nitrogen and oxygen atoms in total. The molecule has 156 valence electrons. The standard InChI is InChI=1S/C20H17N3O5.CH4O/c1-3-28-17-11-12(7-8-16(17)27-2)15(9-10-21)23-19(24)13-5-4-6-14(22-26)18(13)20(23)25;1-2/h4-8,11,15H,3,9H2,1-2H3;2H,1H3/p+1. The number of aliphatic hydroxyl groups is 1. The van der Waals surface area contributed by atoms with Crippen LogP contribution in [0.3, 0.4) is 0 Å². The van der Waals surface area contributed by atoms with E-state index in [9.17, 15) is 19.8 Å². The highest BCUT2D eigenvalue weighted by molar-refractivity contribution is 6.23. The lowest BCUT2D eigenvalue weighted by molar-refractivity contribution is -0.379. The fourth-order valence-corrected chi connectivity index (χ4v) is 3.29. The van der Waals surface area contributed by atoms with Crippen molar-refractivity contribution >= 4 is 17.5 Å². The van der Waals surface area contributed by atoms with Crippen LogP contribution in [0, 0.1) is 16.2 Å². The second-order valence-corrected chi connectivity index (χ2v) is 6.03. The van der Waals surface area contributed by atoms with Crippen molar-refractivity contribution in [2.24, 2.45) is 0 Å². The number of amides is 2. The van der Waals surface area contributed by atoms with Gasteiger partial charge in [0, 0.05) is 23.3 Å². The Kier molecular flexibility index (Phi) is 7.61. The highest BCUT2D eigenvalue weighted by Crippen LogP contribution is 2.38. The van der Waals surface area contributed by atoms with Crippen molar-refractivity contribution in [2.75, 3.05) is 20.8 Å². The van der Waals surface area contributed by atoms with E-state index in [4.69, 9.17) is 14.6 Å². The van der Waals surface area contributed by atoms with E-state index in [2.05, 4.69) is 0 Å². The third-order valence-electron chi connectivity index (χ3n) is 4.52. The van der Waals surface area contributed by atoms with Gasteiger partial charge < -0.3 is 14.6 Å². The number of hydrogen-bond acceptors (Lipinski definition) is 7. The zero-order valence-corrected chi connectivity index (χ0v) is 16.8. The van der Waals surface area contributed by atoms with Gasteiger partial charge >= 0.3 is 0 Å². The minimum absolute atomic E-state index is 0.0176. The van der Waals surface area contributed by atoms with E-state index in [1.54, 1.807) is 23.4 Å². The molecule has 0 saturated heterocycles. The highest BCUT2D eigenvalue weighted by atomic mass is 16.5. The molecule has 9 heteroatoms. The number of imide groups is 1. The van der Waals surface area contributed by atoms with Crippen LogP contribution in [-0.2, 0) is 0 Å². The topological polar surface area (TPSA) is 131 Å². The number of methoxy groups -OCH3 is 1. The summed E-state index contributed by atoms with van der Waals surface area (Å²) >= 11 is 0. The largest absolute Gasteiger partial charge is 0.493 e. The molecule has 2 aromatic carbocycles. The maximum atomic E-state index is 13.0. The lowest BCUT2D eigenvalue weighted by Crippen LogP contribution is -2.56. The van der Waals surface area contributed by atoms with Crippen LogP contribution in [0.1, 0.15) is 45.7 Å². The summed E-state index contributed by atoms with van der Waals surface area (Å²) in [5, 5.41) is 18.0. The molecule has 1 aliphatic rings. The third kappa shape index (κ3) is 3.99. The van der Waals surface area contributed by atoms with Crippen LogP contribution in [0.2, 0.25) is 0 Å². The fraction of sp³-hybridized carbons (Fsp3) is 0.286. The molecular weight excluding hydrogens is 390 g/mol. The summed E-state index contributed by atoms with van der Waals surface area (Å²) in [6.45, 7) is 2.22. The molecule has 2 N–H and O–H groups in total. The summed E-state index contributed by atoms with van der Waals surface area (Å²) in [6.07, 6.45) is -0.108. The minimum Gasteiger partial charge on any atom is -0.493 e. The molecule has 0 bridgehead atoms. The van der Waals surface area contributed by atoms with Gasteiger partial charge in [-0.1, -0.05) is 12.1 Å². The van der Waals surface area contributed by atoms with Crippen LogP contribution in [0.5, 0.6) is 11.5 Å². The highest BCUT2D eigenvalue weighted by Gasteiger charge is 2.44. The Labute approximate surface area is 173 Å². The van der Waals surface area contributed by atoms with Crippen LogP contribution in [0.15, 0.2) is 36.4 Å². The van der Waals surface area contributed by atoms with Crippen LogP contribution < -0.4 is 14.7 Å². The molecule has 0 spiro atoms. The molecule has 0 radical (unpaired) electrons. The maximum absolute atomic E-state index is 13.0. The fourth-order valence-electron chi connectivity index (χ4n) is 3.29. The molecule has 1 unspecified atom stereocenters. The Morgan fingerprint density at radius 3 is 2.50 bits per heavy atom. The number of nitrogens with one attached hydrogen (secondary N) is 1. The van der Waals surface area contributed by atoms with Gasteiger partial charge in [0.25, 0.3) is 17.5 Å². The van der Waals surface area contributed by atoms with Crippen molar-refractivity contribution in [3.05, 3.63) is 58.0 Å². The van der Waals surface area contributed by atoms with Crippen LogP contribution in [0.25, 0.3) is 0 Å². The van der Waals surface area contributed by atoms with Crippen LogP contribution in [0.4, 0.5) is 5.69 Å². The first-order valence-electron chi connectivity index (χ1n) is 9.08. The lowest BCUT2D eigenvalue weighted by atomic mass is 10.0. The number of nitroso groups, excluding NO2 is 1. The molecule has 3 rings (SSSR count). The van der Waals surface area contributed by atoms with Gasteiger partial charge in [0.05, 0.1) is 37.8 Å². The average Bonchev–Trinajstić information content (AvgIpc) is 3.04. The second-order valence-electron chi connectivity index (χ2n) is 6.03. The Morgan fingerprint density at radius 2 is 1.90 bits per heavy atom. The van der Waals surface area contributed by atoms with E-state index in [1.807, 2.05) is 13.0 Å². The second kappa shape index (κ2) is 10.1. The van der Waals surface area contributed by atoms with Crippen molar-refractivity contribution in [1.29, 1.82) is 5.26 Å². The van der Waals surface area contributed by atoms with E-state index in [0.717, 1.165) is 12.0 Å². The van der Waals surface area contributed by atoms with Gasteiger partial charge in [0.1, 0.15) is 5.56 Å². The number of carbonyl (C=O) groups is 2. The number of fused-ring (bicyclic) bond motifs is 1. The molecule has 1 heterocycles. The summed E-state index contributed by atoms with van der Waals surface area (Å²) in [6, 6.07) is 10.6. The molecule has 0 aromatic heterocycles. The number of aliphatic hydroxyl groups excluding tert-OH is 1. The number of rotatable bonds is 7. The van der Waals surface area contributed by atoms with Crippen LogP contribution in [-0.4, -0.2) is 42.6 Å². The van der Waals surface area contributed by atoms with Crippen molar-refractivity contribution in [3.63, 3.8) is 0 Å². The van der Waals surface area contributed by atoms with Gasteiger partial charge in [-0.15, -0.1) is 0 Å². The van der Waals surface area contributed by atoms with Gasteiger partial charge in [-0.2, -0.15) is 5.26 Å². The summed E-state index contributed by atoms with van der Waals surface area (Å²) in [5.74, 6) is -0.218. The molecule has 30 heavy (non-hydrogen) atoms. The Bertz CT molecular complexity index is 999. The number of benzene rings is 2. The lowest BCUT2D eigenvalue weighted by Gasteiger charge is -2.25. The van der Waals surface area contributed by atoms with E-state index in [1.165, 1.54) is 25.3 Å². The summed E-state index contributed by atoms with van der Waals surface area (Å²) < 4.78 is 10.8. The number of ether oxygens (including phenoxy) is 2. The monoisotopic (exact) mass is 412 g/mol. The molecule has 2 amide bonds. The predicted molar refractivity (Wildman–Crippen MR) is 106 cm³/mol. The van der Waals surface area contributed by atoms with E-state index >= 15 is 0 Å². The molecule has 2 aromatic rings. The molecule has 0 aliphatic carbocycles. The molecule has 1 atom stereocenters. The third-order valence-corrected chi connectivity index (χ3v) is 4.52. The van der Waals surface area contributed by atoms with Gasteiger partial charge in [-0.25, -0.2) is 0 Å². The molecule has 1 aliphatic heterocycles. The zero-order valence-electron chi connectivity index (χ0n) is 16.8. The molecule has 0 fully saturated rings. The van der Waals surface area contributed by atoms with Gasteiger partial charge in [-0.3, -0.25) is 14.5 Å². The number of nitrogens with zero attached hydrogens (tertiary/aromatic N) is 2. The Balaban J connectivity index is 0.00000155. The number of nitriles is 1. The summed E-state index contributed by atoms with van der Waals surface area (Å²) in [7, 11) is 2.51. The van der Waals surface area contributed by atoms with Crippen molar-refractivity contribution in [2.45, 2.75) is 19.4 Å². The van der Waals surface area contributed by atoms with Gasteiger partial charge in [-0.05, 0) is 30.7 Å². The number of hydrogen-bond donors (Lipinski definition) is 2. The van der Waals surface area contributed by atoms with Crippen molar-refractivity contribution in [1.82, 2.24) is 4.90 Å². The maximum Gasteiger partial charge on any atom is 0.269 e. The SMILES string of the molecule is CCOc1cc(C(CC#N)N2C(=O)c3cccc([NH+]=O)c3C2=O)ccc1OC.CO.